The Morgan fingerprint density at radius 2 is 2.25 bits per heavy atom. The van der Waals surface area contributed by atoms with Crippen LogP contribution in [0.1, 0.15) is 11.3 Å². The number of H-pyrrole nitrogens is 1. The summed E-state index contributed by atoms with van der Waals surface area (Å²) in [6, 6.07) is 6.81. The summed E-state index contributed by atoms with van der Waals surface area (Å²) in [6.45, 7) is 0. The molecule has 84 valence electrons. The highest BCUT2D eigenvalue weighted by molar-refractivity contribution is 5.86. The van der Waals surface area contributed by atoms with E-state index in [1.807, 2.05) is 13.1 Å². The van der Waals surface area contributed by atoms with Crippen LogP contribution in [0.25, 0.3) is 10.9 Å². The largest absolute Gasteiger partial charge is 0.497 e. The molecular formula is C13H16N2O. The molecule has 1 aromatic heterocycles. The van der Waals surface area contributed by atoms with E-state index in [1.54, 1.807) is 7.11 Å². The van der Waals surface area contributed by atoms with Crippen molar-refractivity contribution in [3.05, 3.63) is 29.5 Å². The number of likely N-dealkylation sites (N-methyl/N-ethyl adjacent to an activating group) is 1. The molecule has 0 fully saturated rings. The van der Waals surface area contributed by atoms with Crippen molar-refractivity contribution < 1.29 is 4.74 Å². The monoisotopic (exact) mass is 216 g/mol. The fraction of sp³-hybridized carbons (Fsp3) is 0.385. The van der Waals surface area contributed by atoms with Crippen LogP contribution in [0.15, 0.2) is 18.2 Å². The van der Waals surface area contributed by atoms with Gasteiger partial charge in [-0.3, -0.25) is 0 Å². The smallest absolute Gasteiger partial charge is 0.119 e. The number of aromatic nitrogens is 1. The first-order valence-electron chi connectivity index (χ1n) is 5.66. The lowest BCUT2D eigenvalue weighted by Gasteiger charge is -2.06. The molecule has 1 heterocycles. The van der Waals surface area contributed by atoms with Gasteiger partial charge in [0.25, 0.3) is 0 Å². The normalized spacial score (nSPS) is 19.0. The second-order valence-electron chi connectivity index (χ2n) is 4.39. The van der Waals surface area contributed by atoms with E-state index in [1.165, 1.54) is 22.2 Å². The van der Waals surface area contributed by atoms with E-state index in [-0.39, 0.29) is 0 Å². The summed E-state index contributed by atoms with van der Waals surface area (Å²) in [5.41, 5.74) is 4.05. The zero-order valence-electron chi connectivity index (χ0n) is 9.63. The molecule has 0 saturated carbocycles. The number of methoxy groups -OCH3 is 1. The Balaban J connectivity index is 2.12. The summed E-state index contributed by atoms with van der Waals surface area (Å²) in [6.07, 6.45) is 2.21. The fourth-order valence-corrected chi connectivity index (χ4v) is 2.59. The lowest BCUT2D eigenvalue weighted by Crippen LogP contribution is -2.25. The maximum atomic E-state index is 5.28. The van der Waals surface area contributed by atoms with E-state index < -0.39 is 0 Å². The molecule has 0 bridgehead atoms. The molecule has 0 radical (unpaired) electrons. The minimum Gasteiger partial charge on any atom is -0.497 e. The molecule has 3 nitrogen and oxygen atoms in total. The van der Waals surface area contributed by atoms with Crippen LogP contribution in [0.5, 0.6) is 5.75 Å². The summed E-state index contributed by atoms with van der Waals surface area (Å²) in [5.74, 6) is 0.933. The molecule has 3 heteroatoms. The number of fused-ring (bicyclic) bond motifs is 3. The van der Waals surface area contributed by atoms with Gasteiger partial charge in [0.05, 0.1) is 7.11 Å². The Labute approximate surface area is 94.8 Å². The third kappa shape index (κ3) is 1.32. The van der Waals surface area contributed by atoms with Crippen molar-refractivity contribution in [3.63, 3.8) is 0 Å². The third-order valence-corrected chi connectivity index (χ3v) is 3.51. The van der Waals surface area contributed by atoms with Crippen molar-refractivity contribution in [1.82, 2.24) is 10.3 Å². The van der Waals surface area contributed by atoms with Crippen LogP contribution < -0.4 is 10.1 Å². The molecule has 0 amide bonds. The highest BCUT2D eigenvalue weighted by atomic mass is 16.5. The van der Waals surface area contributed by atoms with Gasteiger partial charge >= 0.3 is 0 Å². The lowest BCUT2D eigenvalue weighted by molar-refractivity contribution is 0.415. The van der Waals surface area contributed by atoms with Gasteiger partial charge in [-0.1, -0.05) is 0 Å². The first kappa shape index (κ1) is 9.73. The van der Waals surface area contributed by atoms with Crippen molar-refractivity contribution in [1.29, 1.82) is 0 Å². The SMILES string of the molecule is CNC1Cc2[nH]c3ccc(OC)cc3c2C1. The van der Waals surface area contributed by atoms with Crippen LogP contribution >= 0.6 is 0 Å². The zero-order valence-corrected chi connectivity index (χ0v) is 9.63. The summed E-state index contributed by atoms with van der Waals surface area (Å²) in [4.78, 5) is 3.50. The van der Waals surface area contributed by atoms with Gasteiger partial charge in [-0.2, -0.15) is 0 Å². The van der Waals surface area contributed by atoms with Crippen LogP contribution in [0.2, 0.25) is 0 Å². The van der Waals surface area contributed by atoms with Gasteiger partial charge in [-0.05, 0) is 37.2 Å². The number of ether oxygens (including phenoxy) is 1. The van der Waals surface area contributed by atoms with E-state index in [4.69, 9.17) is 4.74 Å². The molecule has 1 unspecified atom stereocenters. The summed E-state index contributed by atoms with van der Waals surface area (Å²) >= 11 is 0. The van der Waals surface area contributed by atoms with Crippen molar-refractivity contribution in [2.75, 3.05) is 14.2 Å². The van der Waals surface area contributed by atoms with Gasteiger partial charge in [0, 0.05) is 29.1 Å². The van der Waals surface area contributed by atoms with E-state index in [9.17, 15) is 0 Å². The maximum Gasteiger partial charge on any atom is 0.119 e. The van der Waals surface area contributed by atoms with Crippen molar-refractivity contribution in [2.24, 2.45) is 0 Å². The summed E-state index contributed by atoms with van der Waals surface area (Å²) in [5, 5.41) is 4.65. The number of aromatic amines is 1. The Bertz CT molecular complexity index is 530. The molecule has 1 aromatic carbocycles. The van der Waals surface area contributed by atoms with Gasteiger partial charge in [0.1, 0.15) is 5.75 Å². The Hall–Kier alpha value is -1.48. The van der Waals surface area contributed by atoms with Gasteiger partial charge < -0.3 is 15.0 Å². The predicted molar refractivity (Wildman–Crippen MR) is 65.1 cm³/mol. The molecule has 1 atom stereocenters. The van der Waals surface area contributed by atoms with E-state index in [0.717, 1.165) is 18.6 Å². The fourth-order valence-electron chi connectivity index (χ4n) is 2.59. The van der Waals surface area contributed by atoms with Crippen LogP contribution in [0.4, 0.5) is 0 Å². The molecule has 0 spiro atoms. The number of nitrogens with one attached hydrogen (secondary N) is 2. The molecule has 0 aliphatic heterocycles. The Kier molecular flexibility index (Phi) is 2.14. The molecule has 2 aromatic rings. The molecule has 1 aliphatic rings. The van der Waals surface area contributed by atoms with Crippen LogP contribution in [0, 0.1) is 0 Å². The minimum atomic E-state index is 0.580. The quantitative estimate of drug-likeness (QED) is 0.804. The molecular weight excluding hydrogens is 200 g/mol. The van der Waals surface area contributed by atoms with Gasteiger partial charge in [-0.15, -0.1) is 0 Å². The van der Waals surface area contributed by atoms with Crippen molar-refractivity contribution in [3.8, 4) is 5.75 Å². The third-order valence-electron chi connectivity index (χ3n) is 3.51. The predicted octanol–water partition coefficient (Wildman–Crippen LogP) is 1.86. The molecule has 0 saturated heterocycles. The van der Waals surface area contributed by atoms with Gasteiger partial charge in [0.15, 0.2) is 0 Å². The second-order valence-corrected chi connectivity index (χ2v) is 4.39. The average molecular weight is 216 g/mol. The molecule has 3 rings (SSSR count). The average Bonchev–Trinajstić information content (AvgIpc) is 2.85. The Morgan fingerprint density at radius 1 is 1.38 bits per heavy atom. The second kappa shape index (κ2) is 3.52. The Morgan fingerprint density at radius 3 is 3.00 bits per heavy atom. The summed E-state index contributed by atoms with van der Waals surface area (Å²) < 4.78 is 5.28. The van der Waals surface area contributed by atoms with Crippen molar-refractivity contribution >= 4 is 10.9 Å². The number of hydrogen-bond acceptors (Lipinski definition) is 2. The van der Waals surface area contributed by atoms with Gasteiger partial charge in [-0.25, -0.2) is 0 Å². The maximum absolute atomic E-state index is 5.28. The van der Waals surface area contributed by atoms with E-state index in [0.29, 0.717) is 6.04 Å². The van der Waals surface area contributed by atoms with Crippen LogP contribution in [-0.4, -0.2) is 25.2 Å². The number of benzene rings is 1. The molecule has 16 heavy (non-hydrogen) atoms. The van der Waals surface area contributed by atoms with Crippen LogP contribution in [0.3, 0.4) is 0 Å². The van der Waals surface area contributed by atoms with E-state index in [2.05, 4.69) is 22.4 Å². The topological polar surface area (TPSA) is 37.0 Å². The van der Waals surface area contributed by atoms with Gasteiger partial charge in [0.2, 0.25) is 0 Å². The van der Waals surface area contributed by atoms with Crippen LogP contribution in [-0.2, 0) is 12.8 Å². The molecule has 2 N–H and O–H groups in total. The molecule has 1 aliphatic carbocycles. The first-order chi connectivity index (χ1) is 7.81. The van der Waals surface area contributed by atoms with Crippen molar-refractivity contribution in [2.45, 2.75) is 18.9 Å². The lowest BCUT2D eigenvalue weighted by atomic mass is 10.1. The minimum absolute atomic E-state index is 0.580. The van der Waals surface area contributed by atoms with E-state index >= 15 is 0 Å². The highest BCUT2D eigenvalue weighted by Gasteiger charge is 2.24. The zero-order chi connectivity index (χ0) is 11.1. The highest BCUT2D eigenvalue weighted by Crippen LogP contribution is 2.32. The number of hydrogen-bond donors (Lipinski definition) is 2. The first-order valence-corrected chi connectivity index (χ1v) is 5.66. The summed E-state index contributed by atoms with van der Waals surface area (Å²) in [7, 11) is 3.74. The standard InChI is InChI=1S/C13H16N2O/c1-14-8-5-10-11-7-9(16-2)3-4-12(11)15-13(10)6-8/h3-4,7-8,14-15H,5-6H2,1-2H3. The number of rotatable bonds is 2.